The van der Waals surface area contributed by atoms with Crippen LogP contribution in [0.5, 0.6) is 0 Å². The predicted octanol–water partition coefficient (Wildman–Crippen LogP) is 4.96. The van der Waals surface area contributed by atoms with E-state index in [0.717, 1.165) is 21.7 Å². The lowest BCUT2D eigenvalue weighted by Gasteiger charge is -2.07. The Balaban J connectivity index is 1.43. The highest BCUT2D eigenvalue weighted by atomic mass is 35.5. The van der Waals surface area contributed by atoms with Gasteiger partial charge in [0.2, 0.25) is 0 Å². The first kappa shape index (κ1) is 18.1. The molecular formula is C22H16ClNO4. The Labute approximate surface area is 165 Å². The lowest BCUT2D eigenvalue weighted by molar-refractivity contribution is -0.146. The van der Waals surface area contributed by atoms with Crippen LogP contribution in [0.25, 0.3) is 21.7 Å². The zero-order chi connectivity index (χ0) is 19.5. The van der Waals surface area contributed by atoms with Gasteiger partial charge in [0.1, 0.15) is 5.58 Å². The molecule has 0 spiro atoms. The van der Waals surface area contributed by atoms with Crippen LogP contribution in [0.15, 0.2) is 71.3 Å². The average molecular weight is 394 g/mol. The highest BCUT2D eigenvalue weighted by Gasteiger charge is 2.15. The Kier molecular flexibility index (Phi) is 5.00. The van der Waals surface area contributed by atoms with Crippen molar-refractivity contribution in [1.82, 2.24) is 0 Å². The SMILES string of the molecule is O=C(COC(=O)Cc1coc2ccc3ccccc3c12)Nc1cccc(Cl)c1. The summed E-state index contributed by atoms with van der Waals surface area (Å²) in [6.45, 7) is -0.373. The molecule has 0 fully saturated rings. The molecule has 3 aromatic carbocycles. The molecule has 1 aromatic heterocycles. The second kappa shape index (κ2) is 7.74. The first-order valence-corrected chi connectivity index (χ1v) is 9.07. The average Bonchev–Trinajstić information content (AvgIpc) is 3.10. The normalized spacial score (nSPS) is 10.9. The highest BCUT2D eigenvalue weighted by Crippen LogP contribution is 2.30. The van der Waals surface area contributed by atoms with E-state index in [4.69, 9.17) is 20.8 Å². The number of amides is 1. The number of halogens is 1. The minimum atomic E-state index is -0.503. The number of benzene rings is 3. The molecule has 1 heterocycles. The summed E-state index contributed by atoms with van der Waals surface area (Å²) in [5.74, 6) is -0.935. The number of esters is 1. The fourth-order valence-corrected chi connectivity index (χ4v) is 3.31. The van der Waals surface area contributed by atoms with Gasteiger partial charge >= 0.3 is 5.97 Å². The van der Waals surface area contributed by atoms with Gasteiger partial charge in [-0.25, -0.2) is 0 Å². The summed E-state index contributed by atoms with van der Waals surface area (Å²) in [5, 5.41) is 6.10. The lowest BCUT2D eigenvalue weighted by Crippen LogP contribution is -2.21. The van der Waals surface area contributed by atoms with Crippen LogP contribution >= 0.6 is 11.6 Å². The van der Waals surface area contributed by atoms with Crippen molar-refractivity contribution in [2.24, 2.45) is 0 Å². The van der Waals surface area contributed by atoms with Crippen LogP contribution in [0.4, 0.5) is 5.69 Å². The maximum Gasteiger partial charge on any atom is 0.310 e. The Morgan fingerprint density at radius 3 is 2.75 bits per heavy atom. The summed E-state index contributed by atoms with van der Waals surface area (Å²) in [6.07, 6.45) is 1.58. The summed E-state index contributed by atoms with van der Waals surface area (Å²) < 4.78 is 10.7. The van der Waals surface area contributed by atoms with Gasteiger partial charge in [-0.2, -0.15) is 0 Å². The molecule has 4 aromatic rings. The molecule has 6 heteroatoms. The number of anilines is 1. The molecule has 0 aliphatic rings. The van der Waals surface area contributed by atoms with Crippen LogP contribution in [0, 0.1) is 0 Å². The minimum absolute atomic E-state index is 0.0193. The van der Waals surface area contributed by atoms with Crippen molar-refractivity contribution < 1.29 is 18.7 Å². The topological polar surface area (TPSA) is 68.5 Å². The van der Waals surface area contributed by atoms with Crippen molar-refractivity contribution in [3.8, 4) is 0 Å². The molecule has 4 rings (SSSR count). The molecule has 0 saturated carbocycles. The monoisotopic (exact) mass is 393 g/mol. The summed E-state index contributed by atoms with van der Waals surface area (Å²) >= 11 is 5.88. The van der Waals surface area contributed by atoms with Crippen LogP contribution in [0.1, 0.15) is 5.56 Å². The summed E-state index contributed by atoms with van der Waals surface area (Å²) in [5.41, 5.74) is 1.98. The van der Waals surface area contributed by atoms with E-state index in [1.807, 2.05) is 36.4 Å². The molecule has 0 atom stereocenters. The van der Waals surface area contributed by atoms with Crippen LogP contribution in [-0.4, -0.2) is 18.5 Å². The highest BCUT2D eigenvalue weighted by molar-refractivity contribution is 6.30. The first-order chi connectivity index (χ1) is 13.6. The van der Waals surface area contributed by atoms with E-state index in [-0.39, 0.29) is 13.0 Å². The molecule has 0 unspecified atom stereocenters. The maximum absolute atomic E-state index is 12.2. The molecule has 0 radical (unpaired) electrons. The first-order valence-electron chi connectivity index (χ1n) is 8.69. The van der Waals surface area contributed by atoms with Crippen LogP contribution < -0.4 is 5.32 Å². The van der Waals surface area contributed by atoms with E-state index in [0.29, 0.717) is 16.3 Å². The third kappa shape index (κ3) is 3.85. The number of hydrogen-bond acceptors (Lipinski definition) is 4. The van der Waals surface area contributed by atoms with Crippen molar-refractivity contribution in [2.75, 3.05) is 11.9 Å². The van der Waals surface area contributed by atoms with Crippen molar-refractivity contribution in [3.05, 3.63) is 77.5 Å². The van der Waals surface area contributed by atoms with Crippen molar-refractivity contribution in [2.45, 2.75) is 6.42 Å². The Hall–Kier alpha value is -3.31. The number of carbonyl (C=O) groups is 2. The standard InChI is InChI=1S/C22H16ClNO4/c23-16-5-3-6-17(11-16)24-20(25)13-28-21(26)10-15-12-27-19-9-8-14-4-1-2-7-18(14)22(15)19/h1-9,11-12H,10,13H2,(H,24,25). The third-order valence-electron chi connectivity index (χ3n) is 4.35. The predicted molar refractivity (Wildman–Crippen MR) is 108 cm³/mol. The Morgan fingerprint density at radius 2 is 1.89 bits per heavy atom. The van der Waals surface area contributed by atoms with Gasteiger partial charge in [-0.15, -0.1) is 0 Å². The molecule has 0 saturated heterocycles. The minimum Gasteiger partial charge on any atom is -0.464 e. The quantitative estimate of drug-likeness (QED) is 0.486. The summed E-state index contributed by atoms with van der Waals surface area (Å²) in [7, 11) is 0. The fourth-order valence-electron chi connectivity index (χ4n) is 3.12. The molecule has 1 N–H and O–H groups in total. The van der Waals surface area contributed by atoms with Crippen LogP contribution in [0.3, 0.4) is 0 Å². The summed E-state index contributed by atoms with van der Waals surface area (Å²) in [6, 6.07) is 18.5. The lowest BCUT2D eigenvalue weighted by atomic mass is 10.0. The fraction of sp³-hybridized carbons (Fsp3) is 0.0909. The second-order valence-electron chi connectivity index (χ2n) is 6.32. The number of nitrogens with one attached hydrogen (secondary N) is 1. The number of hydrogen-bond donors (Lipinski definition) is 1. The molecule has 5 nitrogen and oxygen atoms in total. The van der Waals surface area contributed by atoms with E-state index in [1.165, 1.54) is 0 Å². The number of furan rings is 1. The number of ether oxygens (including phenoxy) is 1. The van der Waals surface area contributed by atoms with E-state index in [1.54, 1.807) is 30.5 Å². The zero-order valence-corrected chi connectivity index (χ0v) is 15.5. The van der Waals surface area contributed by atoms with Gasteiger partial charge in [-0.1, -0.05) is 48.0 Å². The number of carbonyl (C=O) groups excluding carboxylic acids is 2. The van der Waals surface area contributed by atoms with Crippen molar-refractivity contribution in [1.29, 1.82) is 0 Å². The molecular weight excluding hydrogens is 378 g/mol. The van der Waals surface area contributed by atoms with Gasteiger partial charge in [-0.3, -0.25) is 9.59 Å². The summed E-state index contributed by atoms with van der Waals surface area (Å²) in [4.78, 5) is 24.2. The largest absolute Gasteiger partial charge is 0.464 e. The van der Waals surface area contributed by atoms with Crippen LogP contribution in [-0.2, 0) is 20.7 Å². The van der Waals surface area contributed by atoms with Crippen LogP contribution in [0.2, 0.25) is 5.02 Å². The van der Waals surface area contributed by atoms with Gasteiger partial charge in [0.05, 0.1) is 12.7 Å². The van der Waals surface area contributed by atoms with Gasteiger partial charge in [0.25, 0.3) is 5.91 Å². The molecule has 0 bridgehead atoms. The van der Waals surface area contributed by atoms with Gasteiger partial charge in [0.15, 0.2) is 6.61 Å². The van der Waals surface area contributed by atoms with Crippen molar-refractivity contribution >= 4 is 50.9 Å². The molecule has 0 aliphatic heterocycles. The van der Waals surface area contributed by atoms with E-state index in [2.05, 4.69) is 5.32 Å². The Morgan fingerprint density at radius 1 is 1.04 bits per heavy atom. The smallest absolute Gasteiger partial charge is 0.310 e. The molecule has 1 amide bonds. The maximum atomic E-state index is 12.2. The molecule has 28 heavy (non-hydrogen) atoms. The van der Waals surface area contributed by atoms with E-state index >= 15 is 0 Å². The van der Waals surface area contributed by atoms with Crippen molar-refractivity contribution in [3.63, 3.8) is 0 Å². The Bertz CT molecular complexity index is 1180. The van der Waals surface area contributed by atoms with Gasteiger partial charge in [-0.05, 0) is 35.0 Å². The third-order valence-corrected chi connectivity index (χ3v) is 4.58. The van der Waals surface area contributed by atoms with Gasteiger partial charge < -0.3 is 14.5 Å². The number of rotatable bonds is 5. The molecule has 0 aliphatic carbocycles. The van der Waals surface area contributed by atoms with E-state index in [9.17, 15) is 9.59 Å². The molecule has 140 valence electrons. The van der Waals surface area contributed by atoms with Gasteiger partial charge in [0, 0.05) is 21.7 Å². The zero-order valence-electron chi connectivity index (χ0n) is 14.8. The number of fused-ring (bicyclic) bond motifs is 3. The van der Waals surface area contributed by atoms with E-state index < -0.39 is 11.9 Å². The second-order valence-corrected chi connectivity index (χ2v) is 6.75.